The first-order valence-electron chi connectivity index (χ1n) is 9.83. The number of hydrogen-bond donors (Lipinski definition) is 1. The molecule has 2 unspecified atom stereocenters. The van der Waals surface area contributed by atoms with Crippen LogP contribution in [0.25, 0.3) is 21.8 Å². The maximum Gasteiger partial charge on any atom is 0.268 e. The first-order chi connectivity index (χ1) is 13.9. The summed E-state index contributed by atoms with van der Waals surface area (Å²) in [5, 5.41) is 6.13. The molecule has 29 heavy (non-hydrogen) atoms. The van der Waals surface area contributed by atoms with Gasteiger partial charge in [-0.15, -0.1) is 0 Å². The Bertz CT molecular complexity index is 1420. The molecule has 1 saturated heterocycles. The molecule has 2 aliphatic heterocycles. The molecular weight excluding hydrogens is 406 g/mol. The Hall–Kier alpha value is -2.28. The minimum Gasteiger partial charge on any atom is -0.347 e. The molecule has 1 fully saturated rings. The van der Waals surface area contributed by atoms with Gasteiger partial charge in [0.05, 0.1) is 10.4 Å². The van der Waals surface area contributed by atoms with Crippen LogP contribution in [-0.4, -0.2) is 23.0 Å². The molecular formula is C22H20ClN3O2S. The minimum absolute atomic E-state index is 0.311. The summed E-state index contributed by atoms with van der Waals surface area (Å²) in [5.74, 6) is 0. The quantitative estimate of drug-likeness (QED) is 0.518. The lowest BCUT2D eigenvalue weighted by molar-refractivity contribution is 0.503. The van der Waals surface area contributed by atoms with Gasteiger partial charge >= 0.3 is 0 Å². The summed E-state index contributed by atoms with van der Waals surface area (Å²) in [7, 11) is -1.63. The zero-order chi connectivity index (χ0) is 19.9. The van der Waals surface area contributed by atoms with Crippen LogP contribution in [0.1, 0.15) is 30.1 Å². The van der Waals surface area contributed by atoms with E-state index in [0.717, 1.165) is 29.1 Å². The van der Waals surface area contributed by atoms with Gasteiger partial charge in [0, 0.05) is 58.8 Å². The summed E-state index contributed by atoms with van der Waals surface area (Å²) < 4.78 is 30.5. The van der Waals surface area contributed by atoms with E-state index in [1.807, 2.05) is 12.1 Å². The first kappa shape index (κ1) is 17.6. The van der Waals surface area contributed by atoms with E-state index in [1.165, 1.54) is 21.7 Å². The molecule has 2 bridgehead atoms. The molecule has 2 aliphatic rings. The minimum atomic E-state index is -3.71. The average molecular weight is 426 g/mol. The fourth-order valence-corrected chi connectivity index (χ4v) is 6.71. The number of rotatable bonds is 2. The van der Waals surface area contributed by atoms with Gasteiger partial charge in [0.1, 0.15) is 0 Å². The Balaban J connectivity index is 1.56. The van der Waals surface area contributed by atoms with E-state index in [2.05, 4.69) is 16.9 Å². The van der Waals surface area contributed by atoms with Crippen LogP contribution in [0.2, 0.25) is 5.02 Å². The Morgan fingerprint density at radius 2 is 1.90 bits per heavy atom. The number of aromatic nitrogens is 2. The van der Waals surface area contributed by atoms with E-state index in [9.17, 15) is 8.42 Å². The van der Waals surface area contributed by atoms with Crippen molar-refractivity contribution >= 4 is 43.4 Å². The van der Waals surface area contributed by atoms with Crippen LogP contribution in [-0.2, 0) is 23.5 Å². The van der Waals surface area contributed by atoms with E-state index in [-0.39, 0.29) is 0 Å². The number of nitrogens with one attached hydrogen (secondary N) is 1. The third kappa shape index (κ3) is 2.40. The van der Waals surface area contributed by atoms with Crippen molar-refractivity contribution in [1.29, 1.82) is 0 Å². The molecule has 0 spiro atoms. The second-order valence-electron chi connectivity index (χ2n) is 8.12. The van der Waals surface area contributed by atoms with Crippen molar-refractivity contribution < 1.29 is 8.42 Å². The summed E-state index contributed by atoms with van der Waals surface area (Å²) in [4.78, 5) is 0.311. The van der Waals surface area contributed by atoms with Gasteiger partial charge in [-0.1, -0.05) is 11.6 Å². The maximum atomic E-state index is 13.5. The molecule has 4 heterocycles. The number of hydrogen-bond acceptors (Lipinski definition) is 3. The molecule has 2 aromatic heterocycles. The zero-order valence-corrected chi connectivity index (χ0v) is 17.5. The highest BCUT2D eigenvalue weighted by atomic mass is 35.5. The van der Waals surface area contributed by atoms with Crippen molar-refractivity contribution in [1.82, 2.24) is 13.9 Å². The maximum absolute atomic E-state index is 13.5. The Labute approximate surface area is 173 Å². The van der Waals surface area contributed by atoms with Crippen molar-refractivity contribution in [3.63, 3.8) is 0 Å². The lowest BCUT2D eigenvalue weighted by Crippen LogP contribution is -2.32. The van der Waals surface area contributed by atoms with Gasteiger partial charge in [-0.2, -0.15) is 0 Å². The zero-order valence-electron chi connectivity index (χ0n) is 15.9. The number of benzene rings is 2. The van der Waals surface area contributed by atoms with Crippen LogP contribution in [0.5, 0.6) is 0 Å². The van der Waals surface area contributed by atoms with Crippen molar-refractivity contribution in [3.05, 3.63) is 64.9 Å². The first-order valence-corrected chi connectivity index (χ1v) is 11.6. The average Bonchev–Trinajstić information content (AvgIpc) is 3.37. The largest absolute Gasteiger partial charge is 0.347 e. The molecule has 7 heteroatoms. The predicted molar refractivity (Wildman–Crippen MR) is 115 cm³/mol. The number of aryl methyl sites for hydroxylation is 1. The fourth-order valence-electron chi connectivity index (χ4n) is 5.15. The van der Waals surface area contributed by atoms with Crippen LogP contribution in [0.3, 0.4) is 0 Å². The summed E-state index contributed by atoms with van der Waals surface area (Å²) in [6.07, 6.45) is 4.89. The molecule has 1 N–H and O–H groups in total. The summed E-state index contributed by atoms with van der Waals surface area (Å²) >= 11 is 6.06. The third-order valence-electron chi connectivity index (χ3n) is 6.54. The summed E-state index contributed by atoms with van der Waals surface area (Å²) in [6.45, 7) is 0. The molecule has 0 amide bonds. The lowest BCUT2D eigenvalue weighted by atomic mass is 9.99. The lowest BCUT2D eigenvalue weighted by Gasteiger charge is -2.23. The SMILES string of the molecule is Cn1c2c(c3cc(S(=O)(=O)n4ccc5cc(Cl)ccc54)ccc31)C1CCC(C2)N1. The molecule has 0 aliphatic carbocycles. The summed E-state index contributed by atoms with van der Waals surface area (Å²) in [6, 6.07) is 13.4. The Morgan fingerprint density at radius 1 is 1.07 bits per heavy atom. The molecule has 2 aromatic carbocycles. The number of nitrogens with zero attached hydrogens (tertiary/aromatic N) is 2. The van der Waals surface area contributed by atoms with E-state index in [4.69, 9.17) is 11.6 Å². The van der Waals surface area contributed by atoms with Gasteiger partial charge in [0.2, 0.25) is 0 Å². The Morgan fingerprint density at radius 3 is 2.76 bits per heavy atom. The Kier molecular flexibility index (Phi) is 3.56. The fraction of sp³-hybridized carbons (Fsp3) is 0.273. The smallest absolute Gasteiger partial charge is 0.268 e. The van der Waals surface area contributed by atoms with Crippen LogP contribution in [0, 0.1) is 0 Å². The second kappa shape index (κ2) is 5.88. The van der Waals surface area contributed by atoms with Crippen LogP contribution in [0.4, 0.5) is 0 Å². The van der Waals surface area contributed by atoms with E-state index < -0.39 is 10.0 Å². The molecule has 4 aromatic rings. The topological polar surface area (TPSA) is 56.0 Å². The van der Waals surface area contributed by atoms with Gasteiger partial charge in [-0.05, 0) is 60.9 Å². The van der Waals surface area contributed by atoms with Crippen molar-refractivity contribution in [2.24, 2.45) is 7.05 Å². The van der Waals surface area contributed by atoms with Gasteiger partial charge < -0.3 is 9.88 Å². The normalized spacial score (nSPS) is 21.2. The highest BCUT2D eigenvalue weighted by molar-refractivity contribution is 7.90. The van der Waals surface area contributed by atoms with Crippen molar-refractivity contribution in [2.75, 3.05) is 0 Å². The standard InChI is InChI=1S/C22H20ClN3O2S/c1-25-20-7-4-16(12-17(20)22-18-5-3-15(24-18)11-21(22)25)29(27,28)26-9-8-13-10-14(23)2-6-19(13)26/h2,4,6-10,12,15,18,24H,3,5,11H2,1H3. The molecule has 5 nitrogen and oxygen atoms in total. The molecule has 0 radical (unpaired) electrons. The van der Waals surface area contributed by atoms with Gasteiger partial charge in [0.15, 0.2) is 0 Å². The van der Waals surface area contributed by atoms with Gasteiger partial charge in [0.25, 0.3) is 10.0 Å². The van der Waals surface area contributed by atoms with Crippen LogP contribution < -0.4 is 5.32 Å². The van der Waals surface area contributed by atoms with Gasteiger partial charge in [-0.3, -0.25) is 0 Å². The molecule has 0 saturated carbocycles. The monoisotopic (exact) mass is 425 g/mol. The van der Waals surface area contributed by atoms with E-state index >= 15 is 0 Å². The highest BCUT2D eigenvalue weighted by Gasteiger charge is 2.36. The summed E-state index contributed by atoms with van der Waals surface area (Å²) in [5.41, 5.74) is 4.33. The highest BCUT2D eigenvalue weighted by Crippen LogP contribution is 2.42. The second-order valence-corrected chi connectivity index (χ2v) is 10.4. The molecule has 148 valence electrons. The van der Waals surface area contributed by atoms with Crippen molar-refractivity contribution in [3.8, 4) is 0 Å². The number of fused-ring (bicyclic) bond motifs is 7. The van der Waals surface area contributed by atoms with Gasteiger partial charge in [-0.25, -0.2) is 12.4 Å². The molecule has 6 rings (SSSR count). The number of halogens is 1. The van der Waals surface area contributed by atoms with E-state index in [0.29, 0.717) is 27.5 Å². The van der Waals surface area contributed by atoms with Crippen LogP contribution >= 0.6 is 11.6 Å². The van der Waals surface area contributed by atoms with Crippen LogP contribution in [0.15, 0.2) is 53.6 Å². The van der Waals surface area contributed by atoms with Crippen molar-refractivity contribution in [2.45, 2.75) is 36.2 Å². The van der Waals surface area contributed by atoms with E-state index in [1.54, 1.807) is 36.5 Å². The predicted octanol–water partition coefficient (Wildman–Crippen LogP) is 4.37. The third-order valence-corrected chi connectivity index (χ3v) is 8.46. The molecule has 2 atom stereocenters.